The minimum absolute atomic E-state index is 0.0300. The number of benzene rings is 1. The van der Waals surface area contributed by atoms with Crippen molar-refractivity contribution in [2.24, 2.45) is 11.8 Å². The Hall–Kier alpha value is -2.67. The van der Waals surface area contributed by atoms with Gasteiger partial charge in [0.1, 0.15) is 5.60 Å². The number of hydrogen-bond donors (Lipinski definition) is 1. The van der Waals surface area contributed by atoms with Gasteiger partial charge in [-0.3, -0.25) is 14.4 Å². The van der Waals surface area contributed by atoms with Crippen molar-refractivity contribution in [1.29, 1.82) is 0 Å². The summed E-state index contributed by atoms with van der Waals surface area (Å²) in [5.41, 5.74) is 2.69. The number of nitrogens with zero attached hydrogens (tertiary/aromatic N) is 2. The topological polar surface area (TPSA) is 79.0 Å². The Morgan fingerprint density at radius 3 is 2.93 bits per heavy atom. The van der Waals surface area contributed by atoms with E-state index in [1.54, 1.807) is 4.90 Å². The molecule has 4 heterocycles. The molecule has 5 rings (SSSR count). The summed E-state index contributed by atoms with van der Waals surface area (Å²) in [5, 5.41) is 2.74. The molecule has 1 spiro atoms. The zero-order chi connectivity index (χ0) is 20.3. The first-order valence-corrected chi connectivity index (χ1v) is 10.2. The lowest BCUT2D eigenvalue weighted by Crippen LogP contribution is -2.54. The highest BCUT2D eigenvalue weighted by atomic mass is 16.5. The van der Waals surface area contributed by atoms with Crippen LogP contribution in [0.3, 0.4) is 0 Å². The number of ether oxygens (including phenoxy) is 1. The van der Waals surface area contributed by atoms with E-state index in [4.69, 9.17) is 4.74 Å². The number of aryl methyl sites for hydroxylation is 2. The molecule has 7 nitrogen and oxygen atoms in total. The van der Waals surface area contributed by atoms with E-state index >= 15 is 0 Å². The van der Waals surface area contributed by atoms with Crippen LogP contribution in [-0.4, -0.2) is 65.4 Å². The largest absolute Gasteiger partial charge is 0.360 e. The number of nitrogens with one attached hydrogen (secondary N) is 1. The van der Waals surface area contributed by atoms with Crippen LogP contribution in [0, 0.1) is 25.7 Å². The standard InChI is InChI=1S/C22H25N3O4/c1-13-3-4-14(2)15(9-13)10-25-12-22-6-5-16(29-22)18(19(22)21(25)28)20(27)24-8-7-23-17(26)11-24/h3-6,9,16,18-19H,7-8,10-12H2,1-2H3,(H,23,26)/t16-,18-,19+,22-/m0/s1. The minimum Gasteiger partial charge on any atom is -0.360 e. The number of hydrogen-bond acceptors (Lipinski definition) is 4. The van der Waals surface area contributed by atoms with Gasteiger partial charge in [-0.2, -0.15) is 0 Å². The Labute approximate surface area is 169 Å². The van der Waals surface area contributed by atoms with Gasteiger partial charge in [0.15, 0.2) is 0 Å². The highest BCUT2D eigenvalue weighted by Gasteiger charge is 2.67. The lowest BCUT2D eigenvalue weighted by molar-refractivity contribution is -0.146. The Morgan fingerprint density at radius 2 is 2.14 bits per heavy atom. The fourth-order valence-electron chi connectivity index (χ4n) is 5.21. The van der Waals surface area contributed by atoms with Crippen LogP contribution in [0.5, 0.6) is 0 Å². The van der Waals surface area contributed by atoms with E-state index in [-0.39, 0.29) is 30.4 Å². The molecular weight excluding hydrogens is 370 g/mol. The predicted octanol–water partition coefficient (Wildman–Crippen LogP) is 0.544. The van der Waals surface area contributed by atoms with E-state index in [0.717, 1.165) is 16.7 Å². The first kappa shape index (κ1) is 18.4. The summed E-state index contributed by atoms with van der Waals surface area (Å²) < 4.78 is 6.21. The molecule has 1 aromatic carbocycles. The van der Waals surface area contributed by atoms with Crippen molar-refractivity contribution >= 4 is 17.7 Å². The van der Waals surface area contributed by atoms with Crippen LogP contribution >= 0.6 is 0 Å². The SMILES string of the molecule is Cc1ccc(C)c(CN2C[C@]34C=C[C@H](O3)[C@H](C(=O)N3CCNC(=O)C3)[C@@H]4C2=O)c1. The van der Waals surface area contributed by atoms with Crippen molar-refractivity contribution < 1.29 is 19.1 Å². The van der Waals surface area contributed by atoms with Gasteiger partial charge in [0, 0.05) is 19.6 Å². The average molecular weight is 395 g/mol. The molecule has 0 aromatic heterocycles. The van der Waals surface area contributed by atoms with Gasteiger partial charge in [-0.05, 0) is 25.0 Å². The number of amides is 3. The molecule has 4 aliphatic rings. The minimum atomic E-state index is -0.724. The average Bonchev–Trinajstić information content (AvgIpc) is 3.33. The zero-order valence-electron chi connectivity index (χ0n) is 16.7. The van der Waals surface area contributed by atoms with E-state index in [1.807, 2.05) is 30.9 Å². The van der Waals surface area contributed by atoms with Crippen LogP contribution in [0.1, 0.15) is 16.7 Å². The smallest absolute Gasteiger partial charge is 0.239 e. The normalized spacial score (nSPS) is 32.7. The van der Waals surface area contributed by atoms with E-state index < -0.39 is 17.4 Å². The van der Waals surface area contributed by atoms with Crippen LogP contribution in [0.25, 0.3) is 0 Å². The maximum absolute atomic E-state index is 13.4. The van der Waals surface area contributed by atoms with Crippen LogP contribution in [0.15, 0.2) is 30.4 Å². The first-order valence-electron chi connectivity index (χ1n) is 10.2. The van der Waals surface area contributed by atoms with E-state index in [9.17, 15) is 14.4 Å². The van der Waals surface area contributed by atoms with Crippen molar-refractivity contribution in [3.05, 3.63) is 47.0 Å². The molecule has 0 radical (unpaired) electrons. The van der Waals surface area contributed by atoms with Crippen LogP contribution in [-0.2, 0) is 25.7 Å². The Bertz CT molecular complexity index is 942. The van der Waals surface area contributed by atoms with Crippen molar-refractivity contribution in [3.8, 4) is 0 Å². The molecule has 152 valence electrons. The van der Waals surface area contributed by atoms with Crippen molar-refractivity contribution in [2.75, 3.05) is 26.2 Å². The van der Waals surface area contributed by atoms with E-state index in [1.165, 1.54) is 0 Å². The number of carbonyl (C=O) groups is 3. The van der Waals surface area contributed by atoms with Gasteiger partial charge < -0.3 is 19.9 Å². The zero-order valence-corrected chi connectivity index (χ0v) is 16.7. The maximum atomic E-state index is 13.4. The molecular formula is C22H25N3O4. The number of rotatable bonds is 3. The molecule has 3 saturated heterocycles. The second kappa shape index (κ2) is 6.42. The number of piperazine rings is 1. The Kier molecular flexibility index (Phi) is 4.07. The quantitative estimate of drug-likeness (QED) is 0.758. The first-order chi connectivity index (χ1) is 13.9. The van der Waals surface area contributed by atoms with Gasteiger partial charge in [0.05, 0.1) is 31.0 Å². The molecule has 3 amide bonds. The Morgan fingerprint density at radius 1 is 1.31 bits per heavy atom. The maximum Gasteiger partial charge on any atom is 0.239 e. The third-order valence-corrected chi connectivity index (χ3v) is 6.68. The molecule has 0 aliphatic carbocycles. The van der Waals surface area contributed by atoms with Crippen LogP contribution in [0.2, 0.25) is 0 Å². The summed E-state index contributed by atoms with van der Waals surface area (Å²) in [6.45, 7) is 6.02. The van der Waals surface area contributed by atoms with Crippen molar-refractivity contribution in [3.63, 3.8) is 0 Å². The third kappa shape index (κ3) is 2.79. The fourth-order valence-corrected chi connectivity index (χ4v) is 5.21. The summed E-state index contributed by atoms with van der Waals surface area (Å²) in [4.78, 5) is 41.8. The summed E-state index contributed by atoms with van der Waals surface area (Å²) >= 11 is 0. The number of likely N-dealkylation sites (tertiary alicyclic amines) is 1. The molecule has 29 heavy (non-hydrogen) atoms. The summed E-state index contributed by atoms with van der Waals surface area (Å²) in [7, 11) is 0. The van der Waals surface area contributed by atoms with Crippen LogP contribution in [0.4, 0.5) is 0 Å². The molecule has 1 N–H and O–H groups in total. The molecule has 0 saturated carbocycles. The third-order valence-electron chi connectivity index (χ3n) is 6.68. The monoisotopic (exact) mass is 395 g/mol. The summed E-state index contributed by atoms with van der Waals surface area (Å²) in [6.07, 6.45) is 3.50. The molecule has 1 aromatic rings. The van der Waals surface area contributed by atoms with Gasteiger partial charge in [0.25, 0.3) is 0 Å². The molecule has 0 unspecified atom stereocenters. The van der Waals surface area contributed by atoms with Gasteiger partial charge in [0.2, 0.25) is 17.7 Å². The lowest BCUT2D eigenvalue weighted by atomic mass is 9.76. The predicted molar refractivity (Wildman–Crippen MR) is 105 cm³/mol. The van der Waals surface area contributed by atoms with Crippen molar-refractivity contribution in [2.45, 2.75) is 32.1 Å². The van der Waals surface area contributed by atoms with Gasteiger partial charge in [-0.15, -0.1) is 0 Å². The number of carbonyl (C=O) groups excluding carboxylic acids is 3. The second-order valence-corrected chi connectivity index (χ2v) is 8.63. The highest BCUT2D eigenvalue weighted by molar-refractivity contribution is 5.94. The van der Waals surface area contributed by atoms with Crippen molar-refractivity contribution in [1.82, 2.24) is 15.1 Å². The molecule has 3 fully saturated rings. The molecule has 2 bridgehead atoms. The highest BCUT2D eigenvalue weighted by Crippen LogP contribution is 2.52. The van der Waals surface area contributed by atoms with Gasteiger partial charge in [-0.25, -0.2) is 0 Å². The summed E-state index contributed by atoms with van der Waals surface area (Å²) in [6, 6.07) is 6.24. The van der Waals surface area contributed by atoms with Gasteiger partial charge in [-0.1, -0.05) is 35.9 Å². The molecule has 4 atom stereocenters. The molecule has 4 aliphatic heterocycles. The molecule has 7 heteroatoms. The van der Waals surface area contributed by atoms with E-state index in [2.05, 4.69) is 23.5 Å². The number of fused-ring (bicyclic) bond motifs is 1. The fraction of sp³-hybridized carbons (Fsp3) is 0.500. The second-order valence-electron chi connectivity index (χ2n) is 8.63. The van der Waals surface area contributed by atoms with Crippen LogP contribution < -0.4 is 5.32 Å². The summed E-state index contributed by atoms with van der Waals surface area (Å²) in [5.74, 6) is -1.41. The lowest BCUT2D eigenvalue weighted by Gasteiger charge is -2.32. The Balaban J connectivity index is 1.40. The van der Waals surface area contributed by atoms with Gasteiger partial charge >= 0.3 is 0 Å². The van der Waals surface area contributed by atoms with E-state index in [0.29, 0.717) is 26.2 Å².